The molecule has 0 unspecified atom stereocenters. The minimum atomic E-state index is -2.84. The second kappa shape index (κ2) is 5.00. The van der Waals surface area contributed by atoms with E-state index in [0.29, 0.717) is 11.3 Å². The van der Waals surface area contributed by atoms with Crippen molar-refractivity contribution in [2.24, 2.45) is 0 Å². The van der Waals surface area contributed by atoms with Gasteiger partial charge in [-0.3, -0.25) is 0 Å². The molecule has 0 heterocycles. The summed E-state index contributed by atoms with van der Waals surface area (Å²) < 4.78 is 33.0. The molecule has 5 heteroatoms. The third kappa shape index (κ3) is 2.73. The predicted octanol–water partition coefficient (Wildman–Crippen LogP) is 3.04. The predicted molar refractivity (Wildman–Crippen MR) is 49.2 cm³/mol. The normalized spacial score (nSPS) is 10.4. The summed E-state index contributed by atoms with van der Waals surface area (Å²) in [6, 6.07) is 4.50. The summed E-state index contributed by atoms with van der Waals surface area (Å²) in [6.07, 6.45) is 0. The highest BCUT2D eigenvalue weighted by molar-refractivity contribution is 6.17. The Hall–Kier alpha value is -1.03. The van der Waals surface area contributed by atoms with E-state index in [1.54, 1.807) is 6.07 Å². The number of rotatable bonds is 4. The van der Waals surface area contributed by atoms with Gasteiger partial charge in [0.25, 0.3) is 0 Å². The first-order valence-corrected chi connectivity index (χ1v) is 4.38. The van der Waals surface area contributed by atoms with Crippen LogP contribution in [0.25, 0.3) is 0 Å². The van der Waals surface area contributed by atoms with Crippen molar-refractivity contribution < 1.29 is 18.3 Å². The summed E-state index contributed by atoms with van der Waals surface area (Å²) in [7, 11) is 1.49. The molecule has 0 aliphatic carbocycles. The van der Waals surface area contributed by atoms with Crippen LogP contribution in [-0.2, 0) is 5.88 Å². The van der Waals surface area contributed by atoms with Crippen molar-refractivity contribution in [1.82, 2.24) is 0 Å². The molecule has 0 N–H and O–H groups in total. The number of alkyl halides is 3. The number of ether oxygens (including phenoxy) is 2. The number of halogens is 3. The van der Waals surface area contributed by atoms with Crippen molar-refractivity contribution in [2.45, 2.75) is 12.5 Å². The zero-order chi connectivity index (χ0) is 10.6. The van der Waals surface area contributed by atoms with Crippen molar-refractivity contribution in [3.63, 3.8) is 0 Å². The number of hydrogen-bond donors (Lipinski definition) is 0. The molecule has 0 atom stereocenters. The van der Waals surface area contributed by atoms with Crippen LogP contribution in [0.3, 0.4) is 0 Å². The molecule has 1 aromatic carbocycles. The average Bonchev–Trinajstić information content (AvgIpc) is 2.17. The summed E-state index contributed by atoms with van der Waals surface area (Å²) in [5.41, 5.74) is 0.478. The molecule has 0 saturated heterocycles. The molecule has 0 bridgehead atoms. The molecule has 0 aromatic heterocycles. The van der Waals surface area contributed by atoms with Crippen LogP contribution in [-0.4, -0.2) is 13.7 Å². The second-order valence-corrected chi connectivity index (χ2v) is 2.75. The molecule has 0 aliphatic heterocycles. The lowest BCUT2D eigenvalue weighted by atomic mass is 10.2. The third-order valence-corrected chi connectivity index (χ3v) is 1.92. The maximum atomic E-state index is 11.9. The molecule has 2 nitrogen and oxygen atoms in total. The molecule has 0 radical (unpaired) electrons. The van der Waals surface area contributed by atoms with Gasteiger partial charge in [0.05, 0.1) is 13.0 Å². The summed E-state index contributed by atoms with van der Waals surface area (Å²) in [4.78, 5) is 0. The van der Waals surface area contributed by atoms with Crippen LogP contribution in [0.15, 0.2) is 18.2 Å². The zero-order valence-electron chi connectivity index (χ0n) is 7.47. The largest absolute Gasteiger partial charge is 0.497 e. The molecule has 0 saturated carbocycles. The van der Waals surface area contributed by atoms with Gasteiger partial charge < -0.3 is 9.47 Å². The van der Waals surface area contributed by atoms with Crippen LogP contribution in [0.5, 0.6) is 11.5 Å². The number of hydrogen-bond acceptors (Lipinski definition) is 2. The Morgan fingerprint density at radius 3 is 2.64 bits per heavy atom. The van der Waals surface area contributed by atoms with Crippen molar-refractivity contribution >= 4 is 11.6 Å². The van der Waals surface area contributed by atoms with Crippen molar-refractivity contribution in [1.29, 1.82) is 0 Å². The molecule has 14 heavy (non-hydrogen) atoms. The van der Waals surface area contributed by atoms with E-state index in [1.165, 1.54) is 19.2 Å². The standard InChI is InChI=1S/C9H9ClF2O2/c1-13-7-2-3-8(14-9(11)12)6(4-7)5-10/h2-4,9H,5H2,1H3. The zero-order valence-corrected chi connectivity index (χ0v) is 8.22. The Labute approximate surface area is 85.4 Å². The fourth-order valence-electron chi connectivity index (χ4n) is 0.998. The highest BCUT2D eigenvalue weighted by Crippen LogP contribution is 2.26. The van der Waals surface area contributed by atoms with E-state index in [1.807, 2.05) is 0 Å². The highest BCUT2D eigenvalue weighted by atomic mass is 35.5. The van der Waals surface area contributed by atoms with Gasteiger partial charge in [-0.15, -0.1) is 11.6 Å². The van der Waals surface area contributed by atoms with Gasteiger partial charge in [0.2, 0.25) is 0 Å². The Balaban J connectivity index is 2.93. The van der Waals surface area contributed by atoms with Gasteiger partial charge in [-0.1, -0.05) is 0 Å². The third-order valence-electron chi connectivity index (χ3n) is 1.63. The monoisotopic (exact) mass is 222 g/mol. The lowest BCUT2D eigenvalue weighted by molar-refractivity contribution is -0.0503. The van der Waals surface area contributed by atoms with Crippen LogP contribution in [0.4, 0.5) is 8.78 Å². The summed E-state index contributed by atoms with van der Waals surface area (Å²) in [5, 5.41) is 0. The molecule has 1 rings (SSSR count). The average molecular weight is 223 g/mol. The Morgan fingerprint density at radius 2 is 2.14 bits per heavy atom. The molecule has 1 aromatic rings. The van der Waals surface area contributed by atoms with Gasteiger partial charge in [-0.25, -0.2) is 0 Å². The number of benzene rings is 1. The first-order valence-electron chi connectivity index (χ1n) is 3.85. The van der Waals surface area contributed by atoms with Gasteiger partial charge in [-0.2, -0.15) is 8.78 Å². The Morgan fingerprint density at radius 1 is 1.43 bits per heavy atom. The minimum absolute atomic E-state index is 0.0794. The minimum Gasteiger partial charge on any atom is -0.497 e. The Kier molecular flexibility index (Phi) is 3.95. The SMILES string of the molecule is COc1ccc(OC(F)F)c(CCl)c1. The maximum Gasteiger partial charge on any atom is 0.387 e. The van der Waals surface area contributed by atoms with Crippen molar-refractivity contribution in [3.05, 3.63) is 23.8 Å². The first-order chi connectivity index (χ1) is 6.67. The van der Waals surface area contributed by atoms with Gasteiger partial charge >= 0.3 is 6.61 Å². The van der Waals surface area contributed by atoms with Gasteiger partial charge in [0, 0.05) is 5.56 Å². The lowest BCUT2D eigenvalue weighted by Gasteiger charge is -2.09. The van der Waals surface area contributed by atoms with E-state index in [4.69, 9.17) is 16.3 Å². The highest BCUT2D eigenvalue weighted by Gasteiger charge is 2.09. The quantitative estimate of drug-likeness (QED) is 0.729. The Bertz CT molecular complexity index is 305. The smallest absolute Gasteiger partial charge is 0.387 e. The second-order valence-electron chi connectivity index (χ2n) is 2.49. The molecular weight excluding hydrogens is 214 g/mol. The topological polar surface area (TPSA) is 18.5 Å². The van der Waals surface area contributed by atoms with Gasteiger partial charge in [0.15, 0.2) is 0 Å². The van der Waals surface area contributed by atoms with Crippen LogP contribution in [0.2, 0.25) is 0 Å². The number of methoxy groups -OCH3 is 1. The molecule has 0 fully saturated rings. The molecule has 0 amide bonds. The molecule has 78 valence electrons. The van der Waals surface area contributed by atoms with Crippen molar-refractivity contribution in [2.75, 3.05) is 7.11 Å². The fourth-order valence-corrected chi connectivity index (χ4v) is 1.21. The molecular formula is C9H9ClF2O2. The van der Waals surface area contributed by atoms with E-state index in [0.717, 1.165) is 0 Å². The summed E-state index contributed by atoms with van der Waals surface area (Å²) in [5.74, 6) is 0.734. The van der Waals surface area contributed by atoms with Gasteiger partial charge in [0.1, 0.15) is 11.5 Å². The van der Waals surface area contributed by atoms with E-state index in [9.17, 15) is 8.78 Å². The van der Waals surface area contributed by atoms with Gasteiger partial charge in [-0.05, 0) is 18.2 Å². The van der Waals surface area contributed by atoms with E-state index >= 15 is 0 Å². The van der Waals surface area contributed by atoms with E-state index in [-0.39, 0.29) is 11.6 Å². The lowest BCUT2D eigenvalue weighted by Crippen LogP contribution is -2.04. The molecule has 0 spiro atoms. The van der Waals surface area contributed by atoms with E-state index < -0.39 is 6.61 Å². The van der Waals surface area contributed by atoms with Crippen LogP contribution in [0, 0.1) is 0 Å². The fraction of sp³-hybridized carbons (Fsp3) is 0.333. The van der Waals surface area contributed by atoms with E-state index in [2.05, 4.69) is 4.74 Å². The molecule has 0 aliphatic rings. The first kappa shape index (κ1) is 11.0. The van der Waals surface area contributed by atoms with Crippen molar-refractivity contribution in [3.8, 4) is 11.5 Å². The van der Waals surface area contributed by atoms with Crippen LogP contribution in [0.1, 0.15) is 5.56 Å². The van der Waals surface area contributed by atoms with Crippen LogP contribution < -0.4 is 9.47 Å². The maximum absolute atomic E-state index is 11.9. The summed E-state index contributed by atoms with van der Waals surface area (Å²) >= 11 is 5.56. The summed E-state index contributed by atoms with van der Waals surface area (Å²) in [6.45, 7) is -2.84. The van der Waals surface area contributed by atoms with Crippen LogP contribution >= 0.6 is 11.6 Å².